The molecule has 0 aliphatic heterocycles. The van der Waals surface area contributed by atoms with Crippen molar-refractivity contribution in [2.24, 2.45) is 0 Å². The monoisotopic (exact) mass is 200 g/mol. The van der Waals surface area contributed by atoms with Crippen LogP contribution in [-0.2, 0) is 14.3 Å². The van der Waals surface area contributed by atoms with E-state index in [1.807, 2.05) is 6.92 Å². The summed E-state index contributed by atoms with van der Waals surface area (Å²) in [4.78, 5) is 21.5. The summed E-state index contributed by atoms with van der Waals surface area (Å²) in [5.74, 6) is -1.57. The third kappa shape index (κ3) is 5.35. The highest BCUT2D eigenvalue weighted by atomic mass is 16.5. The second-order valence-corrected chi connectivity index (χ2v) is 2.93. The number of rotatable bonds is 6. The van der Waals surface area contributed by atoms with Crippen LogP contribution in [-0.4, -0.2) is 24.2 Å². The topological polar surface area (TPSA) is 63.6 Å². The Labute approximate surface area is 83.6 Å². The SMILES string of the molecule is CCCC/C=C(\CC(=O)OC)C(=O)O. The van der Waals surface area contributed by atoms with Gasteiger partial charge < -0.3 is 9.84 Å². The number of methoxy groups -OCH3 is 1. The zero-order valence-corrected chi connectivity index (χ0v) is 8.58. The van der Waals surface area contributed by atoms with Crippen LogP contribution < -0.4 is 0 Å². The maximum Gasteiger partial charge on any atom is 0.331 e. The Bertz CT molecular complexity index is 230. The quantitative estimate of drug-likeness (QED) is 0.403. The summed E-state index contributed by atoms with van der Waals surface area (Å²) in [5, 5.41) is 8.74. The van der Waals surface area contributed by atoms with Crippen LogP contribution in [0.2, 0.25) is 0 Å². The minimum Gasteiger partial charge on any atom is -0.478 e. The van der Waals surface area contributed by atoms with Gasteiger partial charge in [0.2, 0.25) is 0 Å². The number of hydrogen-bond acceptors (Lipinski definition) is 3. The lowest BCUT2D eigenvalue weighted by Gasteiger charge is -2.00. The van der Waals surface area contributed by atoms with Crippen molar-refractivity contribution < 1.29 is 19.4 Å². The Hall–Kier alpha value is -1.32. The zero-order chi connectivity index (χ0) is 11.0. The van der Waals surface area contributed by atoms with Gasteiger partial charge in [0.25, 0.3) is 0 Å². The minimum absolute atomic E-state index is 0.116. The Morgan fingerprint density at radius 1 is 1.43 bits per heavy atom. The van der Waals surface area contributed by atoms with Crippen LogP contribution in [0.5, 0.6) is 0 Å². The molecule has 4 heteroatoms. The third-order valence-electron chi connectivity index (χ3n) is 1.79. The number of carbonyl (C=O) groups is 2. The molecule has 0 radical (unpaired) electrons. The van der Waals surface area contributed by atoms with Crippen LogP contribution in [0.1, 0.15) is 32.6 Å². The first kappa shape index (κ1) is 12.7. The predicted octanol–water partition coefficient (Wildman–Crippen LogP) is 1.75. The van der Waals surface area contributed by atoms with Crippen molar-refractivity contribution in [1.29, 1.82) is 0 Å². The maximum atomic E-state index is 10.8. The van der Waals surface area contributed by atoms with E-state index in [2.05, 4.69) is 4.74 Å². The van der Waals surface area contributed by atoms with E-state index in [0.29, 0.717) is 6.42 Å². The molecule has 14 heavy (non-hydrogen) atoms. The second kappa shape index (κ2) is 7.12. The number of hydrogen-bond donors (Lipinski definition) is 1. The second-order valence-electron chi connectivity index (χ2n) is 2.93. The van der Waals surface area contributed by atoms with Crippen molar-refractivity contribution in [3.8, 4) is 0 Å². The Morgan fingerprint density at radius 3 is 2.50 bits per heavy atom. The van der Waals surface area contributed by atoms with Gasteiger partial charge >= 0.3 is 11.9 Å². The molecule has 0 unspecified atom stereocenters. The molecule has 0 amide bonds. The average molecular weight is 200 g/mol. The normalized spacial score (nSPS) is 11.1. The van der Waals surface area contributed by atoms with Crippen molar-refractivity contribution in [3.05, 3.63) is 11.6 Å². The van der Waals surface area contributed by atoms with Crippen LogP contribution in [0.4, 0.5) is 0 Å². The first-order chi connectivity index (χ1) is 6.61. The fraction of sp³-hybridized carbons (Fsp3) is 0.600. The molecule has 0 rings (SSSR count). The zero-order valence-electron chi connectivity index (χ0n) is 8.58. The van der Waals surface area contributed by atoms with Crippen LogP contribution in [0, 0.1) is 0 Å². The minimum atomic E-state index is -1.05. The van der Waals surface area contributed by atoms with Crippen molar-refractivity contribution in [2.75, 3.05) is 7.11 Å². The van der Waals surface area contributed by atoms with Crippen LogP contribution in [0.3, 0.4) is 0 Å². The summed E-state index contributed by atoms with van der Waals surface area (Å²) in [6, 6.07) is 0. The lowest BCUT2D eigenvalue weighted by atomic mass is 10.1. The van der Waals surface area contributed by atoms with Gasteiger partial charge in [-0.05, 0) is 6.42 Å². The number of ether oxygens (including phenoxy) is 1. The van der Waals surface area contributed by atoms with Gasteiger partial charge in [-0.3, -0.25) is 4.79 Å². The Kier molecular flexibility index (Phi) is 6.45. The van der Waals surface area contributed by atoms with Crippen molar-refractivity contribution >= 4 is 11.9 Å². The largest absolute Gasteiger partial charge is 0.478 e. The van der Waals surface area contributed by atoms with E-state index in [0.717, 1.165) is 12.8 Å². The lowest BCUT2D eigenvalue weighted by Crippen LogP contribution is -2.08. The van der Waals surface area contributed by atoms with E-state index in [1.165, 1.54) is 7.11 Å². The summed E-state index contributed by atoms with van der Waals surface area (Å²) in [6.45, 7) is 2.02. The number of allylic oxidation sites excluding steroid dienone is 1. The standard InChI is InChI=1S/C10H16O4/c1-3-4-5-6-8(10(12)13)7-9(11)14-2/h6H,3-5,7H2,1-2H3,(H,12,13)/b8-6+. The molecule has 4 nitrogen and oxygen atoms in total. The summed E-state index contributed by atoms with van der Waals surface area (Å²) >= 11 is 0. The summed E-state index contributed by atoms with van der Waals surface area (Å²) in [6.07, 6.45) is 4.05. The number of unbranched alkanes of at least 4 members (excludes halogenated alkanes) is 2. The van der Waals surface area contributed by atoms with E-state index in [4.69, 9.17) is 5.11 Å². The molecule has 0 saturated heterocycles. The molecule has 80 valence electrons. The van der Waals surface area contributed by atoms with E-state index in [-0.39, 0.29) is 12.0 Å². The summed E-state index contributed by atoms with van der Waals surface area (Å²) in [5.41, 5.74) is 0.116. The fourth-order valence-electron chi connectivity index (χ4n) is 0.943. The van der Waals surface area contributed by atoms with Gasteiger partial charge in [-0.15, -0.1) is 0 Å². The first-order valence-electron chi connectivity index (χ1n) is 4.61. The van der Waals surface area contributed by atoms with Gasteiger partial charge in [0.15, 0.2) is 0 Å². The summed E-state index contributed by atoms with van der Waals surface area (Å²) in [7, 11) is 1.24. The third-order valence-corrected chi connectivity index (χ3v) is 1.79. The van der Waals surface area contributed by atoms with Gasteiger partial charge in [0, 0.05) is 5.57 Å². The van der Waals surface area contributed by atoms with Gasteiger partial charge in [-0.1, -0.05) is 25.8 Å². The molecular weight excluding hydrogens is 184 g/mol. The van der Waals surface area contributed by atoms with Crippen LogP contribution >= 0.6 is 0 Å². The summed E-state index contributed by atoms with van der Waals surface area (Å²) < 4.78 is 4.39. The van der Waals surface area contributed by atoms with E-state index < -0.39 is 11.9 Å². The van der Waals surface area contributed by atoms with Crippen molar-refractivity contribution in [3.63, 3.8) is 0 Å². The molecule has 0 bridgehead atoms. The number of esters is 1. The first-order valence-corrected chi connectivity index (χ1v) is 4.61. The highest BCUT2D eigenvalue weighted by molar-refractivity contribution is 5.92. The predicted molar refractivity (Wildman–Crippen MR) is 51.9 cm³/mol. The van der Waals surface area contributed by atoms with Gasteiger partial charge in [0.1, 0.15) is 0 Å². The van der Waals surface area contributed by atoms with Crippen molar-refractivity contribution in [1.82, 2.24) is 0 Å². The van der Waals surface area contributed by atoms with E-state index in [1.54, 1.807) is 6.08 Å². The van der Waals surface area contributed by atoms with Crippen LogP contribution in [0.15, 0.2) is 11.6 Å². The molecule has 0 atom stereocenters. The number of carboxylic acid groups (broad SMARTS) is 1. The number of carbonyl (C=O) groups excluding carboxylic acids is 1. The van der Waals surface area contributed by atoms with E-state index in [9.17, 15) is 9.59 Å². The molecule has 0 fully saturated rings. The molecule has 1 N–H and O–H groups in total. The van der Waals surface area contributed by atoms with Gasteiger partial charge in [-0.2, -0.15) is 0 Å². The van der Waals surface area contributed by atoms with Gasteiger partial charge in [0.05, 0.1) is 13.5 Å². The molecule has 0 spiro atoms. The molecule has 0 aliphatic rings. The van der Waals surface area contributed by atoms with E-state index >= 15 is 0 Å². The molecular formula is C10H16O4. The Morgan fingerprint density at radius 2 is 2.07 bits per heavy atom. The highest BCUT2D eigenvalue weighted by Crippen LogP contribution is 2.07. The maximum absolute atomic E-state index is 10.8. The van der Waals surface area contributed by atoms with Crippen LogP contribution in [0.25, 0.3) is 0 Å². The molecule has 0 aromatic heterocycles. The molecule has 0 saturated carbocycles. The highest BCUT2D eigenvalue weighted by Gasteiger charge is 2.11. The lowest BCUT2D eigenvalue weighted by molar-refractivity contribution is -0.142. The number of carboxylic acids is 1. The molecule has 0 aromatic rings. The average Bonchev–Trinajstić information content (AvgIpc) is 2.16. The van der Waals surface area contributed by atoms with Crippen molar-refractivity contribution in [2.45, 2.75) is 32.6 Å². The smallest absolute Gasteiger partial charge is 0.331 e. The molecule has 0 heterocycles. The molecule has 0 aromatic carbocycles. The fourth-order valence-corrected chi connectivity index (χ4v) is 0.943. The number of aliphatic carboxylic acids is 1. The Balaban J connectivity index is 4.21. The van der Waals surface area contributed by atoms with Gasteiger partial charge in [-0.25, -0.2) is 4.79 Å². The molecule has 0 aliphatic carbocycles.